The Morgan fingerprint density at radius 2 is 1.71 bits per heavy atom. The summed E-state index contributed by atoms with van der Waals surface area (Å²) < 4.78 is 10.0. The first-order valence-corrected chi connectivity index (χ1v) is 7.61. The highest BCUT2D eigenvalue weighted by Crippen LogP contribution is 2.14. The summed E-state index contributed by atoms with van der Waals surface area (Å²) in [6.45, 7) is 4.12. The molecule has 5 heteroatoms. The van der Waals surface area contributed by atoms with Crippen LogP contribution in [0.25, 0.3) is 0 Å². The molecule has 1 N–H and O–H groups in total. The molecule has 0 saturated heterocycles. The zero-order valence-electron chi connectivity index (χ0n) is 14.1. The second-order valence-corrected chi connectivity index (χ2v) is 5.55. The van der Waals surface area contributed by atoms with Gasteiger partial charge in [-0.05, 0) is 54.8 Å². The lowest BCUT2D eigenvalue weighted by molar-refractivity contribution is -0.119. The Balaban J connectivity index is 1.86. The lowest BCUT2D eigenvalue weighted by Crippen LogP contribution is -2.21. The van der Waals surface area contributed by atoms with Crippen LogP contribution in [0.3, 0.4) is 0 Å². The van der Waals surface area contributed by atoms with Gasteiger partial charge in [-0.15, -0.1) is 0 Å². The zero-order valence-corrected chi connectivity index (χ0v) is 14.1. The van der Waals surface area contributed by atoms with Gasteiger partial charge in [0.25, 0.3) is 5.91 Å². The molecule has 0 aromatic heterocycles. The highest BCUT2D eigenvalue weighted by molar-refractivity contribution is 5.95. The summed E-state index contributed by atoms with van der Waals surface area (Å²) in [5.74, 6) is -0.906. The van der Waals surface area contributed by atoms with Crippen LogP contribution in [0.2, 0.25) is 0 Å². The molecule has 0 atom stereocenters. The average Bonchev–Trinajstić information content (AvgIpc) is 2.57. The first-order valence-electron chi connectivity index (χ1n) is 7.61. The number of amides is 1. The maximum atomic E-state index is 11.9. The molecule has 0 aliphatic heterocycles. The van der Waals surface area contributed by atoms with Gasteiger partial charge < -0.3 is 14.8 Å². The topological polar surface area (TPSA) is 64.6 Å². The number of methoxy groups -OCH3 is 1. The summed E-state index contributed by atoms with van der Waals surface area (Å²) in [4.78, 5) is 23.8. The predicted octanol–water partition coefficient (Wildman–Crippen LogP) is 3.25. The minimum absolute atomic E-state index is 0.328. The number of carbonyl (C=O) groups excluding carboxylic acids is 2. The third-order valence-corrected chi connectivity index (χ3v) is 3.63. The van der Waals surface area contributed by atoms with E-state index in [1.165, 1.54) is 0 Å². The van der Waals surface area contributed by atoms with Crippen molar-refractivity contribution in [1.82, 2.24) is 0 Å². The van der Waals surface area contributed by atoms with Gasteiger partial charge in [0.1, 0.15) is 0 Å². The SMILES string of the molecule is COCc1ccc(C(=O)OCC(=O)Nc2ccc(C)c(C)c2)cc1. The molecule has 2 rings (SSSR count). The van der Waals surface area contributed by atoms with Crippen LogP contribution in [0.5, 0.6) is 0 Å². The summed E-state index contributed by atoms with van der Waals surface area (Å²) >= 11 is 0. The second kappa shape index (κ2) is 8.26. The number of hydrogen-bond donors (Lipinski definition) is 1. The number of ether oxygens (including phenoxy) is 2. The van der Waals surface area contributed by atoms with Gasteiger partial charge in [0.05, 0.1) is 12.2 Å². The van der Waals surface area contributed by atoms with E-state index in [2.05, 4.69) is 5.32 Å². The van der Waals surface area contributed by atoms with E-state index in [4.69, 9.17) is 9.47 Å². The standard InChI is InChI=1S/C19H21NO4/c1-13-4-9-17(10-14(13)2)20-18(21)12-24-19(22)16-7-5-15(6-8-16)11-23-3/h4-10H,11-12H2,1-3H3,(H,20,21). The van der Waals surface area contributed by atoms with Crippen molar-refractivity contribution in [1.29, 1.82) is 0 Å². The fraction of sp³-hybridized carbons (Fsp3) is 0.263. The minimum Gasteiger partial charge on any atom is -0.452 e. The second-order valence-electron chi connectivity index (χ2n) is 5.55. The zero-order chi connectivity index (χ0) is 17.5. The van der Waals surface area contributed by atoms with Crippen molar-refractivity contribution < 1.29 is 19.1 Å². The summed E-state index contributed by atoms with van der Waals surface area (Å²) in [5.41, 5.74) is 4.27. The van der Waals surface area contributed by atoms with E-state index in [1.54, 1.807) is 31.4 Å². The maximum Gasteiger partial charge on any atom is 0.338 e. The molecular formula is C19H21NO4. The first kappa shape index (κ1) is 17.7. The number of benzene rings is 2. The smallest absolute Gasteiger partial charge is 0.338 e. The van der Waals surface area contributed by atoms with Gasteiger partial charge in [0, 0.05) is 12.8 Å². The van der Waals surface area contributed by atoms with Crippen molar-refractivity contribution >= 4 is 17.6 Å². The lowest BCUT2D eigenvalue weighted by atomic mass is 10.1. The van der Waals surface area contributed by atoms with E-state index in [1.807, 2.05) is 32.0 Å². The number of anilines is 1. The summed E-state index contributed by atoms with van der Waals surface area (Å²) in [7, 11) is 1.61. The molecule has 0 radical (unpaired) electrons. The molecule has 0 heterocycles. The molecule has 0 unspecified atom stereocenters. The molecule has 2 aromatic carbocycles. The number of nitrogens with one attached hydrogen (secondary N) is 1. The van der Waals surface area contributed by atoms with E-state index >= 15 is 0 Å². The van der Waals surface area contributed by atoms with Crippen LogP contribution in [0.1, 0.15) is 27.0 Å². The third kappa shape index (κ3) is 4.93. The Kier molecular flexibility index (Phi) is 6.09. The van der Waals surface area contributed by atoms with Gasteiger partial charge >= 0.3 is 5.97 Å². The van der Waals surface area contributed by atoms with Crippen LogP contribution in [0.15, 0.2) is 42.5 Å². The molecule has 1 amide bonds. The summed E-state index contributed by atoms with van der Waals surface area (Å²) in [6.07, 6.45) is 0. The number of esters is 1. The van der Waals surface area contributed by atoms with E-state index in [9.17, 15) is 9.59 Å². The van der Waals surface area contributed by atoms with E-state index in [0.717, 1.165) is 16.7 Å². The molecule has 0 fully saturated rings. The number of carbonyl (C=O) groups is 2. The van der Waals surface area contributed by atoms with Crippen LogP contribution in [0.4, 0.5) is 5.69 Å². The van der Waals surface area contributed by atoms with Crippen molar-refractivity contribution in [2.24, 2.45) is 0 Å². The van der Waals surface area contributed by atoms with Crippen molar-refractivity contribution in [2.45, 2.75) is 20.5 Å². The minimum atomic E-state index is -0.533. The Hall–Kier alpha value is -2.66. The number of hydrogen-bond acceptors (Lipinski definition) is 4. The van der Waals surface area contributed by atoms with Gasteiger partial charge in [-0.2, -0.15) is 0 Å². The highest BCUT2D eigenvalue weighted by atomic mass is 16.5. The van der Waals surface area contributed by atoms with Crippen molar-refractivity contribution in [3.05, 3.63) is 64.7 Å². The predicted molar refractivity (Wildman–Crippen MR) is 92.0 cm³/mol. The molecule has 5 nitrogen and oxygen atoms in total. The van der Waals surface area contributed by atoms with Crippen molar-refractivity contribution in [2.75, 3.05) is 19.0 Å². The van der Waals surface area contributed by atoms with Crippen molar-refractivity contribution in [3.8, 4) is 0 Å². The lowest BCUT2D eigenvalue weighted by Gasteiger charge is -2.08. The Morgan fingerprint density at radius 3 is 2.33 bits per heavy atom. The molecule has 24 heavy (non-hydrogen) atoms. The van der Waals surface area contributed by atoms with Crippen LogP contribution in [-0.4, -0.2) is 25.6 Å². The summed E-state index contributed by atoms with van der Waals surface area (Å²) in [5, 5.41) is 2.71. The van der Waals surface area contributed by atoms with E-state index in [-0.39, 0.29) is 12.5 Å². The normalized spacial score (nSPS) is 10.3. The van der Waals surface area contributed by atoms with Crippen LogP contribution < -0.4 is 5.32 Å². The fourth-order valence-electron chi connectivity index (χ4n) is 2.13. The third-order valence-electron chi connectivity index (χ3n) is 3.63. The maximum absolute atomic E-state index is 11.9. The Labute approximate surface area is 141 Å². The van der Waals surface area contributed by atoms with Crippen LogP contribution in [-0.2, 0) is 20.9 Å². The molecular weight excluding hydrogens is 306 g/mol. The molecule has 0 aliphatic carbocycles. The van der Waals surface area contributed by atoms with Crippen molar-refractivity contribution in [3.63, 3.8) is 0 Å². The monoisotopic (exact) mass is 327 g/mol. The van der Waals surface area contributed by atoms with Gasteiger partial charge in [0.15, 0.2) is 6.61 Å². The number of aryl methyl sites for hydroxylation is 2. The van der Waals surface area contributed by atoms with E-state index < -0.39 is 5.97 Å². The van der Waals surface area contributed by atoms with Crippen LogP contribution >= 0.6 is 0 Å². The summed E-state index contributed by atoms with van der Waals surface area (Å²) in [6, 6.07) is 12.5. The molecule has 126 valence electrons. The Bertz CT molecular complexity index is 723. The highest BCUT2D eigenvalue weighted by Gasteiger charge is 2.10. The average molecular weight is 327 g/mol. The van der Waals surface area contributed by atoms with Gasteiger partial charge in [0.2, 0.25) is 0 Å². The molecule has 0 saturated carbocycles. The van der Waals surface area contributed by atoms with Gasteiger partial charge in [-0.3, -0.25) is 4.79 Å². The molecule has 0 spiro atoms. The molecule has 2 aromatic rings. The fourth-order valence-corrected chi connectivity index (χ4v) is 2.13. The van der Waals surface area contributed by atoms with Gasteiger partial charge in [-0.25, -0.2) is 4.79 Å². The largest absolute Gasteiger partial charge is 0.452 e. The van der Waals surface area contributed by atoms with E-state index in [0.29, 0.717) is 17.9 Å². The molecule has 0 bridgehead atoms. The first-order chi connectivity index (χ1) is 11.5. The molecule has 0 aliphatic rings. The quantitative estimate of drug-likeness (QED) is 0.827. The van der Waals surface area contributed by atoms with Crippen LogP contribution in [0, 0.1) is 13.8 Å². The number of rotatable bonds is 6. The Morgan fingerprint density at radius 1 is 1.00 bits per heavy atom. The van der Waals surface area contributed by atoms with Gasteiger partial charge in [-0.1, -0.05) is 18.2 Å².